The fourth-order valence-electron chi connectivity index (χ4n) is 1.41. The third-order valence-corrected chi connectivity index (χ3v) is 3.06. The van der Waals surface area contributed by atoms with E-state index in [-0.39, 0.29) is 5.75 Å². The molecule has 0 bridgehead atoms. The molecule has 0 amide bonds. The lowest BCUT2D eigenvalue weighted by molar-refractivity contribution is 0.475. The molecule has 1 aromatic carbocycles. The smallest absolute Gasteiger partial charge is 0.116 e. The molecule has 0 unspecified atom stereocenters. The molecule has 3 heteroatoms. The van der Waals surface area contributed by atoms with Crippen LogP contribution in [-0.4, -0.2) is 10.1 Å². The molecule has 0 radical (unpaired) electrons. The van der Waals surface area contributed by atoms with Crippen molar-refractivity contribution in [3.63, 3.8) is 0 Å². The van der Waals surface area contributed by atoms with Gasteiger partial charge in [-0.3, -0.25) is 0 Å². The Balaban J connectivity index is 2.49. The Kier molecular flexibility index (Phi) is 2.50. The third-order valence-electron chi connectivity index (χ3n) is 2.08. The van der Waals surface area contributed by atoms with Gasteiger partial charge in [-0.25, -0.2) is 4.98 Å². The summed E-state index contributed by atoms with van der Waals surface area (Å²) in [5, 5.41) is 9.35. The van der Waals surface area contributed by atoms with Crippen LogP contribution in [0.25, 0.3) is 11.3 Å². The van der Waals surface area contributed by atoms with Gasteiger partial charge in [0.2, 0.25) is 0 Å². The van der Waals surface area contributed by atoms with Gasteiger partial charge < -0.3 is 5.11 Å². The van der Waals surface area contributed by atoms with Crippen LogP contribution < -0.4 is 0 Å². The summed E-state index contributed by atoms with van der Waals surface area (Å²) in [6.07, 6.45) is 0.982. The Hall–Kier alpha value is -1.35. The Morgan fingerprint density at radius 1 is 1.43 bits per heavy atom. The van der Waals surface area contributed by atoms with E-state index < -0.39 is 0 Å². The van der Waals surface area contributed by atoms with Crippen molar-refractivity contribution in [1.29, 1.82) is 0 Å². The quantitative estimate of drug-likeness (QED) is 0.817. The van der Waals surface area contributed by atoms with E-state index in [9.17, 15) is 5.11 Å². The van der Waals surface area contributed by atoms with Crippen molar-refractivity contribution in [2.45, 2.75) is 13.3 Å². The lowest BCUT2D eigenvalue weighted by Gasteiger charge is -2.00. The number of aromatic hydroxyl groups is 1. The predicted octanol–water partition coefficient (Wildman–Crippen LogP) is 3.08. The minimum absolute atomic E-state index is 0.289. The lowest BCUT2D eigenvalue weighted by atomic mass is 10.1. The predicted molar refractivity (Wildman–Crippen MR) is 58.6 cm³/mol. The summed E-state index contributed by atoms with van der Waals surface area (Å²) in [5.41, 5.74) is 3.83. The molecule has 72 valence electrons. The number of aromatic nitrogens is 1. The van der Waals surface area contributed by atoms with Gasteiger partial charge >= 0.3 is 0 Å². The van der Waals surface area contributed by atoms with Crippen molar-refractivity contribution in [2.24, 2.45) is 0 Å². The summed E-state index contributed by atoms with van der Waals surface area (Å²) in [6, 6.07) is 7.22. The number of aryl methyl sites for hydroxylation is 1. The zero-order chi connectivity index (χ0) is 9.97. The molecule has 2 rings (SSSR count). The number of rotatable bonds is 2. The summed E-state index contributed by atoms with van der Waals surface area (Å²) in [5.74, 6) is 0.289. The lowest BCUT2D eigenvalue weighted by Crippen LogP contribution is -1.82. The number of nitrogens with zero attached hydrogens (tertiary/aromatic N) is 1. The van der Waals surface area contributed by atoms with E-state index in [0.29, 0.717) is 0 Å². The van der Waals surface area contributed by atoms with Crippen molar-refractivity contribution in [3.05, 3.63) is 34.7 Å². The van der Waals surface area contributed by atoms with E-state index in [2.05, 4.69) is 11.9 Å². The van der Waals surface area contributed by atoms with Gasteiger partial charge in [-0.2, -0.15) is 0 Å². The molecular formula is C11H11NOS. The molecule has 0 fully saturated rings. The van der Waals surface area contributed by atoms with E-state index in [0.717, 1.165) is 17.7 Å². The highest BCUT2D eigenvalue weighted by atomic mass is 32.1. The minimum atomic E-state index is 0.289. The summed E-state index contributed by atoms with van der Waals surface area (Å²) < 4.78 is 0. The number of phenols is 1. The topological polar surface area (TPSA) is 33.1 Å². The van der Waals surface area contributed by atoms with Crippen LogP contribution in [0.4, 0.5) is 0 Å². The standard InChI is InChI=1S/C11H11NOS/c1-2-10-11(12-7-14-10)8-4-3-5-9(13)6-8/h3-7,13H,2H2,1H3. The molecule has 0 saturated heterocycles. The summed E-state index contributed by atoms with van der Waals surface area (Å²) in [4.78, 5) is 5.57. The maximum absolute atomic E-state index is 9.35. The molecule has 0 saturated carbocycles. The van der Waals surface area contributed by atoms with Crippen molar-refractivity contribution in [3.8, 4) is 17.0 Å². The minimum Gasteiger partial charge on any atom is -0.508 e. The molecule has 1 N–H and O–H groups in total. The second-order valence-corrected chi connectivity index (χ2v) is 3.97. The first-order valence-electron chi connectivity index (χ1n) is 4.53. The summed E-state index contributed by atoms with van der Waals surface area (Å²) in [6.45, 7) is 2.11. The number of thiazole rings is 1. The monoisotopic (exact) mass is 205 g/mol. The van der Waals surface area contributed by atoms with Crippen LogP contribution in [0.5, 0.6) is 5.75 Å². The average molecular weight is 205 g/mol. The SMILES string of the molecule is CCc1scnc1-c1cccc(O)c1. The average Bonchev–Trinajstić information content (AvgIpc) is 2.65. The van der Waals surface area contributed by atoms with Gasteiger partial charge in [0.1, 0.15) is 5.75 Å². The molecule has 0 aliphatic heterocycles. The summed E-state index contributed by atoms with van der Waals surface area (Å²) in [7, 11) is 0. The van der Waals surface area contributed by atoms with Crippen molar-refractivity contribution in [1.82, 2.24) is 4.98 Å². The van der Waals surface area contributed by atoms with Gasteiger partial charge in [0.25, 0.3) is 0 Å². The van der Waals surface area contributed by atoms with E-state index in [4.69, 9.17) is 0 Å². The largest absolute Gasteiger partial charge is 0.508 e. The van der Waals surface area contributed by atoms with Gasteiger partial charge in [0, 0.05) is 10.4 Å². The maximum Gasteiger partial charge on any atom is 0.116 e. The molecule has 0 aliphatic rings. The van der Waals surface area contributed by atoms with Crippen LogP contribution >= 0.6 is 11.3 Å². The van der Waals surface area contributed by atoms with Gasteiger partial charge in [-0.15, -0.1) is 11.3 Å². The second kappa shape index (κ2) is 3.80. The van der Waals surface area contributed by atoms with E-state index in [1.54, 1.807) is 23.5 Å². The highest BCUT2D eigenvalue weighted by Gasteiger charge is 2.06. The Labute approximate surface area is 86.9 Å². The van der Waals surface area contributed by atoms with Crippen LogP contribution in [0.15, 0.2) is 29.8 Å². The number of hydrogen-bond donors (Lipinski definition) is 1. The molecule has 1 aromatic heterocycles. The fraction of sp³-hybridized carbons (Fsp3) is 0.182. The van der Waals surface area contributed by atoms with Gasteiger partial charge in [-0.1, -0.05) is 19.1 Å². The third kappa shape index (κ3) is 1.63. The first kappa shape index (κ1) is 9.21. The maximum atomic E-state index is 9.35. The molecule has 0 aliphatic carbocycles. The van der Waals surface area contributed by atoms with E-state index in [1.165, 1.54) is 4.88 Å². The molecular weight excluding hydrogens is 194 g/mol. The van der Waals surface area contributed by atoms with Gasteiger partial charge in [0.05, 0.1) is 11.2 Å². The first-order chi connectivity index (χ1) is 6.81. The van der Waals surface area contributed by atoms with Crippen molar-refractivity contribution in [2.75, 3.05) is 0 Å². The van der Waals surface area contributed by atoms with Gasteiger partial charge in [0.15, 0.2) is 0 Å². The molecule has 14 heavy (non-hydrogen) atoms. The Morgan fingerprint density at radius 3 is 3.00 bits per heavy atom. The number of phenolic OH excluding ortho intramolecular Hbond substituents is 1. The van der Waals surface area contributed by atoms with E-state index in [1.807, 2.05) is 17.6 Å². The molecule has 1 heterocycles. The zero-order valence-corrected chi connectivity index (χ0v) is 8.71. The molecule has 2 nitrogen and oxygen atoms in total. The Morgan fingerprint density at radius 2 is 2.29 bits per heavy atom. The van der Waals surface area contributed by atoms with Crippen molar-refractivity contribution >= 4 is 11.3 Å². The number of hydrogen-bond acceptors (Lipinski definition) is 3. The highest BCUT2D eigenvalue weighted by molar-refractivity contribution is 7.10. The zero-order valence-electron chi connectivity index (χ0n) is 7.90. The van der Waals surface area contributed by atoms with Crippen LogP contribution in [0, 0.1) is 0 Å². The first-order valence-corrected chi connectivity index (χ1v) is 5.41. The normalized spacial score (nSPS) is 10.4. The van der Waals surface area contributed by atoms with Gasteiger partial charge in [-0.05, 0) is 18.6 Å². The second-order valence-electron chi connectivity index (χ2n) is 3.03. The van der Waals surface area contributed by atoms with E-state index >= 15 is 0 Å². The van der Waals surface area contributed by atoms with Crippen LogP contribution in [0.2, 0.25) is 0 Å². The molecule has 0 atom stereocenters. The molecule has 2 aromatic rings. The van der Waals surface area contributed by atoms with Crippen LogP contribution in [0.3, 0.4) is 0 Å². The molecule has 0 spiro atoms. The highest BCUT2D eigenvalue weighted by Crippen LogP contribution is 2.27. The summed E-state index contributed by atoms with van der Waals surface area (Å²) >= 11 is 1.66. The van der Waals surface area contributed by atoms with Crippen molar-refractivity contribution < 1.29 is 5.11 Å². The van der Waals surface area contributed by atoms with Crippen LogP contribution in [-0.2, 0) is 6.42 Å². The Bertz CT molecular complexity index is 436. The van der Waals surface area contributed by atoms with Crippen LogP contribution in [0.1, 0.15) is 11.8 Å². The number of benzene rings is 1. The fourth-order valence-corrected chi connectivity index (χ4v) is 2.14.